The maximum atomic E-state index is 13.9. The average molecular weight is 421 g/mol. The number of carbonyl (C=O) groups excluding carboxylic acids is 1. The van der Waals surface area contributed by atoms with Crippen LogP contribution in [0.3, 0.4) is 0 Å². The molecule has 0 saturated carbocycles. The molecule has 0 aliphatic carbocycles. The van der Waals surface area contributed by atoms with Crippen molar-refractivity contribution in [2.75, 3.05) is 11.1 Å². The number of primary sulfonamides is 1. The van der Waals surface area contributed by atoms with Crippen LogP contribution in [0.4, 0.5) is 10.1 Å². The van der Waals surface area contributed by atoms with Crippen LogP contribution in [0.2, 0.25) is 0 Å². The third kappa shape index (κ3) is 4.55. The minimum absolute atomic E-state index is 0.0418. The Bertz CT molecular complexity index is 1110. The number of carbonyl (C=O) groups is 1. The number of hydrogen-bond acceptors (Lipinski definition) is 6. The number of aromatic nitrogens is 3. The number of thioether (sulfide) groups is 1. The van der Waals surface area contributed by atoms with Crippen LogP contribution in [0.15, 0.2) is 58.6 Å². The number of benzene rings is 2. The van der Waals surface area contributed by atoms with E-state index in [-0.39, 0.29) is 16.6 Å². The Morgan fingerprint density at radius 2 is 1.86 bits per heavy atom. The summed E-state index contributed by atoms with van der Waals surface area (Å²) in [6.07, 6.45) is 0. The molecule has 2 aromatic carbocycles. The number of nitrogens with zero attached hydrogens (tertiary/aromatic N) is 3. The summed E-state index contributed by atoms with van der Waals surface area (Å²) in [5.41, 5.74) is 0.756. The zero-order valence-electron chi connectivity index (χ0n) is 14.7. The molecule has 0 atom stereocenters. The number of nitrogens with one attached hydrogen (secondary N) is 1. The summed E-state index contributed by atoms with van der Waals surface area (Å²) in [4.78, 5) is 12.1. The average Bonchev–Trinajstić information content (AvgIpc) is 3.00. The van der Waals surface area contributed by atoms with Crippen LogP contribution in [-0.2, 0) is 21.9 Å². The molecule has 1 heterocycles. The van der Waals surface area contributed by atoms with Crippen molar-refractivity contribution in [3.8, 4) is 11.4 Å². The van der Waals surface area contributed by atoms with E-state index in [2.05, 4.69) is 15.5 Å². The highest BCUT2D eigenvalue weighted by atomic mass is 32.2. The third-order valence-corrected chi connectivity index (χ3v) is 5.70. The van der Waals surface area contributed by atoms with Gasteiger partial charge in [-0.15, -0.1) is 10.2 Å². The maximum absolute atomic E-state index is 13.9. The van der Waals surface area contributed by atoms with Gasteiger partial charge < -0.3 is 9.88 Å². The lowest BCUT2D eigenvalue weighted by Crippen LogP contribution is -2.15. The first-order chi connectivity index (χ1) is 13.3. The van der Waals surface area contributed by atoms with Gasteiger partial charge >= 0.3 is 0 Å². The molecular formula is C17H16FN5O3S2. The van der Waals surface area contributed by atoms with Crippen molar-refractivity contribution in [2.45, 2.75) is 10.1 Å². The first kappa shape index (κ1) is 20.0. The molecule has 0 spiro atoms. The molecule has 0 aliphatic rings. The summed E-state index contributed by atoms with van der Waals surface area (Å²) in [5, 5.41) is 16.1. The monoisotopic (exact) mass is 421 g/mol. The van der Waals surface area contributed by atoms with Crippen molar-refractivity contribution in [1.82, 2.24) is 14.8 Å². The summed E-state index contributed by atoms with van der Waals surface area (Å²) >= 11 is 1.14. The molecule has 8 nitrogen and oxygen atoms in total. The SMILES string of the molecule is Cn1c(SCC(=O)Nc2ccc(S(N)(=O)=O)cc2)nnc1-c1ccccc1F. The van der Waals surface area contributed by atoms with E-state index in [1.54, 1.807) is 29.8 Å². The number of sulfonamides is 1. The van der Waals surface area contributed by atoms with Crippen LogP contribution in [-0.4, -0.2) is 34.8 Å². The van der Waals surface area contributed by atoms with Gasteiger partial charge in [-0.05, 0) is 36.4 Å². The molecule has 3 aromatic rings. The largest absolute Gasteiger partial charge is 0.325 e. The van der Waals surface area contributed by atoms with E-state index in [0.717, 1.165) is 11.8 Å². The number of nitrogens with two attached hydrogens (primary N) is 1. The van der Waals surface area contributed by atoms with E-state index in [4.69, 9.17) is 5.14 Å². The predicted octanol–water partition coefficient (Wildman–Crippen LogP) is 2.00. The van der Waals surface area contributed by atoms with E-state index < -0.39 is 15.8 Å². The smallest absolute Gasteiger partial charge is 0.238 e. The fourth-order valence-corrected chi connectivity index (χ4v) is 3.60. The lowest BCUT2D eigenvalue weighted by molar-refractivity contribution is -0.113. The van der Waals surface area contributed by atoms with Gasteiger partial charge in [-0.1, -0.05) is 23.9 Å². The highest BCUT2D eigenvalue weighted by Gasteiger charge is 2.15. The minimum Gasteiger partial charge on any atom is -0.325 e. The maximum Gasteiger partial charge on any atom is 0.238 e. The first-order valence-corrected chi connectivity index (χ1v) is 10.5. The van der Waals surface area contributed by atoms with Gasteiger partial charge in [0.1, 0.15) is 5.82 Å². The van der Waals surface area contributed by atoms with E-state index in [1.807, 2.05) is 0 Å². The fraction of sp³-hybridized carbons (Fsp3) is 0.118. The molecule has 3 rings (SSSR count). The second-order valence-electron chi connectivity index (χ2n) is 5.75. The molecule has 11 heteroatoms. The lowest BCUT2D eigenvalue weighted by Gasteiger charge is -2.06. The number of anilines is 1. The molecule has 0 bridgehead atoms. The molecule has 146 valence electrons. The molecule has 0 aliphatic heterocycles. The van der Waals surface area contributed by atoms with E-state index in [9.17, 15) is 17.6 Å². The zero-order valence-corrected chi connectivity index (χ0v) is 16.3. The highest BCUT2D eigenvalue weighted by Crippen LogP contribution is 2.24. The molecule has 28 heavy (non-hydrogen) atoms. The summed E-state index contributed by atoms with van der Waals surface area (Å²) in [6, 6.07) is 11.7. The Morgan fingerprint density at radius 3 is 2.50 bits per heavy atom. The number of halogens is 1. The van der Waals surface area contributed by atoms with E-state index in [0.29, 0.717) is 22.2 Å². The molecule has 0 unspecified atom stereocenters. The highest BCUT2D eigenvalue weighted by molar-refractivity contribution is 7.99. The summed E-state index contributed by atoms with van der Waals surface area (Å²) < 4.78 is 38.0. The van der Waals surface area contributed by atoms with Gasteiger partial charge in [-0.2, -0.15) is 0 Å². The van der Waals surface area contributed by atoms with Gasteiger partial charge in [0, 0.05) is 12.7 Å². The normalized spacial score (nSPS) is 11.4. The quantitative estimate of drug-likeness (QED) is 0.588. The second kappa shape index (κ2) is 8.09. The van der Waals surface area contributed by atoms with Crippen LogP contribution in [0.5, 0.6) is 0 Å². The van der Waals surface area contributed by atoms with Crippen molar-refractivity contribution in [3.63, 3.8) is 0 Å². The Labute approximate surface area is 165 Å². The van der Waals surface area contributed by atoms with Crippen LogP contribution in [0, 0.1) is 5.82 Å². The van der Waals surface area contributed by atoms with Crippen LogP contribution >= 0.6 is 11.8 Å². The topological polar surface area (TPSA) is 120 Å². The summed E-state index contributed by atoms with van der Waals surface area (Å²) in [6.45, 7) is 0. The molecule has 3 N–H and O–H groups in total. The second-order valence-corrected chi connectivity index (χ2v) is 8.26. The molecular weight excluding hydrogens is 405 g/mol. The van der Waals surface area contributed by atoms with Crippen LogP contribution < -0.4 is 10.5 Å². The van der Waals surface area contributed by atoms with Crippen molar-refractivity contribution in [2.24, 2.45) is 12.2 Å². The van der Waals surface area contributed by atoms with Gasteiger partial charge in [-0.25, -0.2) is 17.9 Å². The summed E-state index contributed by atoms with van der Waals surface area (Å²) in [5.74, 6) is -0.321. The fourth-order valence-electron chi connectivity index (χ4n) is 2.37. The van der Waals surface area contributed by atoms with E-state index >= 15 is 0 Å². The van der Waals surface area contributed by atoms with Gasteiger partial charge in [0.05, 0.1) is 16.2 Å². The third-order valence-electron chi connectivity index (χ3n) is 3.75. The van der Waals surface area contributed by atoms with Gasteiger partial charge in [0.25, 0.3) is 0 Å². The van der Waals surface area contributed by atoms with Gasteiger partial charge in [-0.3, -0.25) is 4.79 Å². The number of hydrogen-bond donors (Lipinski definition) is 2. The Hall–Kier alpha value is -2.76. The van der Waals surface area contributed by atoms with Crippen LogP contribution in [0.1, 0.15) is 0 Å². The molecule has 0 radical (unpaired) electrons. The van der Waals surface area contributed by atoms with Gasteiger partial charge in [0.2, 0.25) is 15.9 Å². The predicted molar refractivity (Wildman–Crippen MR) is 104 cm³/mol. The first-order valence-electron chi connectivity index (χ1n) is 7.95. The van der Waals surface area contributed by atoms with Crippen molar-refractivity contribution < 1.29 is 17.6 Å². The Kier molecular flexibility index (Phi) is 5.77. The van der Waals surface area contributed by atoms with E-state index in [1.165, 1.54) is 30.3 Å². The Balaban J connectivity index is 1.63. The molecule has 0 fully saturated rings. The van der Waals surface area contributed by atoms with Gasteiger partial charge in [0.15, 0.2) is 11.0 Å². The minimum atomic E-state index is -3.78. The molecule has 0 saturated heterocycles. The zero-order chi connectivity index (χ0) is 20.3. The lowest BCUT2D eigenvalue weighted by atomic mass is 10.2. The standard InChI is InChI=1S/C17H16FN5O3S2/c1-23-16(13-4-2-3-5-14(13)18)21-22-17(23)27-10-15(24)20-11-6-8-12(9-7-11)28(19,25)26/h2-9H,10H2,1H3,(H,20,24)(H2,19,25,26). The molecule has 1 amide bonds. The van der Waals surface area contributed by atoms with Crippen molar-refractivity contribution in [1.29, 1.82) is 0 Å². The summed E-state index contributed by atoms with van der Waals surface area (Å²) in [7, 11) is -2.10. The number of amides is 1. The Morgan fingerprint density at radius 1 is 1.18 bits per heavy atom. The van der Waals surface area contributed by atoms with Crippen molar-refractivity contribution in [3.05, 3.63) is 54.3 Å². The number of rotatable bonds is 6. The van der Waals surface area contributed by atoms with Crippen molar-refractivity contribution >= 4 is 33.4 Å². The molecule has 1 aromatic heterocycles. The van der Waals surface area contributed by atoms with Crippen LogP contribution in [0.25, 0.3) is 11.4 Å².